The number of halogens is 3. The van der Waals surface area contributed by atoms with Gasteiger partial charge < -0.3 is 14.9 Å². The molecule has 0 unspecified atom stereocenters. The highest BCUT2D eigenvalue weighted by molar-refractivity contribution is 8.18. The van der Waals surface area contributed by atoms with Gasteiger partial charge in [-0.15, -0.1) is 0 Å². The molecule has 30 heavy (non-hydrogen) atoms. The van der Waals surface area contributed by atoms with Crippen LogP contribution in [-0.4, -0.2) is 47.3 Å². The summed E-state index contributed by atoms with van der Waals surface area (Å²) in [5.41, 5.74) is 0.406. The molecule has 0 aliphatic carbocycles. The van der Waals surface area contributed by atoms with E-state index < -0.39 is 11.7 Å². The first-order valence-corrected chi connectivity index (χ1v) is 10.1. The number of aliphatic imine (C=N–C) groups is 1. The molecule has 1 N–H and O–H groups in total. The molecule has 9 heteroatoms. The maximum atomic E-state index is 13.0. The second kappa shape index (κ2) is 8.06. The van der Waals surface area contributed by atoms with Gasteiger partial charge in [-0.2, -0.15) is 18.2 Å². The fourth-order valence-electron chi connectivity index (χ4n) is 3.32. The first-order valence-electron chi connectivity index (χ1n) is 9.29. The summed E-state index contributed by atoms with van der Waals surface area (Å²) in [5, 5.41) is 10.5. The number of amidine groups is 1. The fourth-order valence-corrected chi connectivity index (χ4v) is 4.27. The van der Waals surface area contributed by atoms with Gasteiger partial charge in [-0.05, 0) is 42.1 Å². The van der Waals surface area contributed by atoms with Gasteiger partial charge in [0.25, 0.3) is 5.91 Å². The first kappa shape index (κ1) is 20.3. The van der Waals surface area contributed by atoms with Crippen LogP contribution in [0.3, 0.4) is 0 Å². The van der Waals surface area contributed by atoms with Crippen LogP contribution in [0.15, 0.2) is 58.4 Å². The van der Waals surface area contributed by atoms with Gasteiger partial charge in [0.05, 0.1) is 10.5 Å². The lowest BCUT2D eigenvalue weighted by atomic mass is 10.1. The van der Waals surface area contributed by atoms with E-state index in [0.29, 0.717) is 47.5 Å². The maximum absolute atomic E-state index is 13.0. The third-order valence-corrected chi connectivity index (χ3v) is 5.97. The number of phenols is 1. The molecule has 0 spiro atoms. The number of piperazine rings is 1. The van der Waals surface area contributed by atoms with E-state index in [9.17, 15) is 23.1 Å². The number of phenolic OH excluding ortho intramolecular Hbond substituents is 1. The second-order valence-corrected chi connectivity index (χ2v) is 7.90. The predicted molar refractivity (Wildman–Crippen MR) is 111 cm³/mol. The lowest BCUT2D eigenvalue weighted by Crippen LogP contribution is -2.47. The molecule has 0 saturated carbocycles. The molecular weight excluding hydrogens is 415 g/mol. The average Bonchev–Trinajstić information content (AvgIpc) is 3.10. The van der Waals surface area contributed by atoms with Crippen molar-refractivity contribution in [2.45, 2.75) is 6.18 Å². The summed E-state index contributed by atoms with van der Waals surface area (Å²) < 4.78 is 38.9. The summed E-state index contributed by atoms with van der Waals surface area (Å²) in [6, 6.07) is 12.0. The number of anilines is 1. The Bertz CT molecular complexity index is 1030. The Morgan fingerprint density at radius 2 is 1.70 bits per heavy atom. The summed E-state index contributed by atoms with van der Waals surface area (Å²) in [6.07, 6.45) is -2.76. The monoisotopic (exact) mass is 433 g/mol. The van der Waals surface area contributed by atoms with Crippen molar-refractivity contribution in [2.75, 3.05) is 31.1 Å². The van der Waals surface area contributed by atoms with Gasteiger partial charge in [0.1, 0.15) is 5.75 Å². The number of rotatable bonds is 2. The molecule has 2 heterocycles. The summed E-state index contributed by atoms with van der Waals surface area (Å²) in [4.78, 5) is 20.6. The van der Waals surface area contributed by atoms with Crippen LogP contribution in [0.2, 0.25) is 0 Å². The highest BCUT2D eigenvalue weighted by Gasteiger charge is 2.32. The van der Waals surface area contributed by atoms with Gasteiger partial charge >= 0.3 is 6.18 Å². The van der Waals surface area contributed by atoms with Crippen LogP contribution in [0.5, 0.6) is 5.75 Å². The predicted octanol–water partition coefficient (Wildman–Crippen LogP) is 4.20. The van der Waals surface area contributed by atoms with Crippen molar-refractivity contribution in [1.29, 1.82) is 0 Å². The molecule has 0 atom stereocenters. The Hall–Kier alpha value is -2.94. The fraction of sp³-hybridized carbons (Fsp3) is 0.238. The van der Waals surface area contributed by atoms with E-state index in [4.69, 9.17) is 0 Å². The molecule has 0 aromatic heterocycles. The Morgan fingerprint density at radius 1 is 1.00 bits per heavy atom. The van der Waals surface area contributed by atoms with Gasteiger partial charge in [0, 0.05) is 37.4 Å². The molecule has 2 aliphatic heterocycles. The summed E-state index contributed by atoms with van der Waals surface area (Å²) in [7, 11) is 0. The second-order valence-electron chi connectivity index (χ2n) is 6.89. The van der Waals surface area contributed by atoms with Crippen molar-refractivity contribution in [2.24, 2.45) is 4.99 Å². The van der Waals surface area contributed by atoms with Crippen LogP contribution in [0.1, 0.15) is 11.1 Å². The van der Waals surface area contributed by atoms with Crippen LogP contribution < -0.4 is 4.90 Å². The number of para-hydroxylation sites is 1. The lowest BCUT2D eigenvalue weighted by Gasteiger charge is -2.36. The van der Waals surface area contributed by atoms with Gasteiger partial charge in [0.2, 0.25) is 0 Å². The van der Waals surface area contributed by atoms with Crippen LogP contribution in [-0.2, 0) is 11.0 Å². The molecule has 4 rings (SSSR count). The zero-order valence-electron chi connectivity index (χ0n) is 15.8. The van der Waals surface area contributed by atoms with Crippen molar-refractivity contribution in [1.82, 2.24) is 4.90 Å². The number of amides is 1. The zero-order valence-corrected chi connectivity index (χ0v) is 16.6. The normalized spacial score (nSPS) is 18.8. The Kier molecular flexibility index (Phi) is 5.46. The maximum Gasteiger partial charge on any atom is 0.416 e. The summed E-state index contributed by atoms with van der Waals surface area (Å²) in [5.74, 6) is -0.278. The third-order valence-electron chi connectivity index (χ3n) is 4.92. The van der Waals surface area contributed by atoms with Gasteiger partial charge in [-0.1, -0.05) is 24.3 Å². The number of nitrogens with zero attached hydrogens (tertiary/aromatic N) is 3. The Labute approximate surface area is 175 Å². The number of thioether (sulfide) groups is 1. The van der Waals surface area contributed by atoms with Crippen molar-refractivity contribution in [3.05, 3.63) is 64.6 Å². The highest BCUT2D eigenvalue weighted by atomic mass is 32.2. The Balaban J connectivity index is 1.41. The largest absolute Gasteiger partial charge is 0.507 e. The third kappa shape index (κ3) is 4.30. The minimum atomic E-state index is -4.37. The molecule has 0 radical (unpaired) electrons. The van der Waals surface area contributed by atoms with E-state index >= 15 is 0 Å². The summed E-state index contributed by atoms with van der Waals surface area (Å²) in [6.45, 7) is 2.12. The van der Waals surface area contributed by atoms with E-state index in [2.05, 4.69) is 4.99 Å². The van der Waals surface area contributed by atoms with Crippen LogP contribution >= 0.6 is 11.8 Å². The quantitative estimate of drug-likeness (QED) is 0.720. The van der Waals surface area contributed by atoms with E-state index in [1.54, 1.807) is 36.4 Å². The van der Waals surface area contributed by atoms with E-state index in [1.807, 2.05) is 9.80 Å². The van der Waals surface area contributed by atoms with E-state index in [-0.39, 0.29) is 11.7 Å². The zero-order chi connectivity index (χ0) is 21.3. The average molecular weight is 433 g/mol. The van der Waals surface area contributed by atoms with Gasteiger partial charge in [-0.25, -0.2) is 0 Å². The number of hydrogen-bond donors (Lipinski definition) is 1. The smallest absolute Gasteiger partial charge is 0.416 e. The topological polar surface area (TPSA) is 56.1 Å². The first-order chi connectivity index (χ1) is 14.3. The number of hydrogen-bond acceptors (Lipinski definition) is 5. The van der Waals surface area contributed by atoms with Gasteiger partial charge in [-0.3, -0.25) is 4.79 Å². The minimum absolute atomic E-state index is 0.0848. The SMILES string of the molecule is O=C1N=C(N2CCN(c3cccc(C(F)(F)F)c3)CC2)S/C1=C/c1ccccc1O. The molecule has 2 aromatic carbocycles. The Morgan fingerprint density at radius 3 is 2.40 bits per heavy atom. The lowest BCUT2D eigenvalue weighted by molar-refractivity contribution is -0.137. The highest BCUT2D eigenvalue weighted by Crippen LogP contribution is 2.34. The van der Waals surface area contributed by atoms with E-state index in [1.165, 1.54) is 17.8 Å². The number of alkyl halides is 3. The summed E-state index contributed by atoms with van der Waals surface area (Å²) >= 11 is 1.24. The number of carbonyl (C=O) groups excluding carboxylic acids is 1. The van der Waals surface area contributed by atoms with Crippen molar-refractivity contribution < 1.29 is 23.1 Å². The molecule has 1 fully saturated rings. The molecule has 5 nitrogen and oxygen atoms in total. The number of aromatic hydroxyl groups is 1. The molecule has 0 bridgehead atoms. The molecular formula is C21H18F3N3O2S. The van der Waals surface area contributed by atoms with Gasteiger partial charge in [0.15, 0.2) is 5.17 Å². The standard InChI is InChI=1S/C21H18F3N3O2S/c22-21(23,24)15-5-3-6-16(13-15)26-8-10-27(11-9-26)20-25-19(29)18(30-20)12-14-4-1-2-7-17(14)28/h1-7,12-13,28H,8-11H2/b18-12+. The number of benzene rings is 2. The minimum Gasteiger partial charge on any atom is -0.507 e. The number of carbonyl (C=O) groups is 1. The molecule has 2 aliphatic rings. The molecule has 1 saturated heterocycles. The van der Waals surface area contributed by atoms with Crippen molar-refractivity contribution >= 4 is 34.6 Å². The van der Waals surface area contributed by atoms with Crippen molar-refractivity contribution in [3.63, 3.8) is 0 Å². The molecule has 2 aromatic rings. The molecule has 156 valence electrons. The van der Waals surface area contributed by atoms with Crippen molar-refractivity contribution in [3.8, 4) is 5.75 Å². The van der Waals surface area contributed by atoms with Crippen LogP contribution in [0, 0.1) is 0 Å². The van der Waals surface area contributed by atoms with Crippen LogP contribution in [0.25, 0.3) is 6.08 Å². The van der Waals surface area contributed by atoms with Crippen LogP contribution in [0.4, 0.5) is 18.9 Å². The molecule has 1 amide bonds. The van der Waals surface area contributed by atoms with E-state index in [0.717, 1.165) is 12.1 Å².